The highest BCUT2D eigenvalue weighted by Crippen LogP contribution is 2.32. The van der Waals surface area contributed by atoms with E-state index in [0.717, 1.165) is 22.4 Å². The fourth-order valence-corrected chi connectivity index (χ4v) is 3.95. The first-order valence-corrected chi connectivity index (χ1v) is 11.1. The summed E-state index contributed by atoms with van der Waals surface area (Å²) in [6, 6.07) is 20.6. The molecule has 0 radical (unpaired) electrons. The van der Waals surface area contributed by atoms with E-state index in [9.17, 15) is 9.59 Å². The Morgan fingerprint density at radius 1 is 0.909 bits per heavy atom. The number of halogens is 1. The number of anilines is 1. The second-order valence-electron chi connectivity index (χ2n) is 8.06. The molecule has 1 aliphatic rings. The maximum absolute atomic E-state index is 13.4. The number of nitrogens with zero attached hydrogens (tertiary/aromatic N) is 1. The molecule has 0 bridgehead atoms. The highest BCUT2D eigenvalue weighted by molar-refractivity contribution is 6.36. The predicted molar refractivity (Wildman–Crippen MR) is 131 cm³/mol. The Morgan fingerprint density at radius 2 is 1.61 bits per heavy atom. The number of nitrogens with one attached hydrogen (secondary N) is 1. The van der Waals surface area contributed by atoms with Crippen LogP contribution in [-0.2, 0) is 16.0 Å². The number of imide groups is 1. The van der Waals surface area contributed by atoms with Crippen LogP contribution in [0.2, 0.25) is 5.02 Å². The van der Waals surface area contributed by atoms with Crippen LogP contribution in [0, 0.1) is 13.8 Å². The minimum Gasteiger partial charge on any atom is -0.497 e. The summed E-state index contributed by atoms with van der Waals surface area (Å²) in [5.74, 6) is 0.113. The Hall–Kier alpha value is -3.57. The number of ether oxygens (including phenoxy) is 1. The van der Waals surface area contributed by atoms with Crippen molar-refractivity contribution in [3.8, 4) is 5.75 Å². The molecule has 0 spiro atoms. The van der Waals surface area contributed by atoms with Crippen molar-refractivity contribution in [2.45, 2.75) is 20.3 Å². The average Bonchev–Trinajstić information content (AvgIpc) is 3.04. The van der Waals surface area contributed by atoms with E-state index < -0.39 is 0 Å². The molecule has 0 saturated heterocycles. The van der Waals surface area contributed by atoms with Crippen molar-refractivity contribution in [2.75, 3.05) is 19.0 Å². The first kappa shape index (κ1) is 22.6. The predicted octanol–water partition coefficient (Wildman–Crippen LogP) is 5.40. The summed E-state index contributed by atoms with van der Waals surface area (Å²) >= 11 is 6.18. The van der Waals surface area contributed by atoms with Gasteiger partial charge < -0.3 is 10.1 Å². The second-order valence-corrected chi connectivity index (χ2v) is 8.50. The van der Waals surface area contributed by atoms with E-state index in [2.05, 4.69) is 5.32 Å². The second kappa shape index (κ2) is 9.51. The number of benzene rings is 3. The minimum atomic E-state index is -0.344. The third-order valence-electron chi connectivity index (χ3n) is 5.75. The van der Waals surface area contributed by atoms with Gasteiger partial charge in [-0.05, 0) is 61.2 Å². The van der Waals surface area contributed by atoms with Gasteiger partial charge in [0, 0.05) is 17.3 Å². The van der Waals surface area contributed by atoms with Crippen molar-refractivity contribution in [1.82, 2.24) is 4.90 Å². The molecule has 0 aliphatic carbocycles. The molecule has 0 unspecified atom stereocenters. The molecule has 1 heterocycles. The number of carbonyl (C=O) groups is 2. The van der Waals surface area contributed by atoms with Crippen LogP contribution < -0.4 is 10.1 Å². The molecule has 2 amide bonds. The van der Waals surface area contributed by atoms with E-state index in [0.29, 0.717) is 28.3 Å². The van der Waals surface area contributed by atoms with Crippen LogP contribution in [-0.4, -0.2) is 30.4 Å². The standard InChI is InChI=1S/C27H25ClN2O3/c1-17-4-9-20(10-5-17)24-25(29-23-16-21(28)11-6-18(23)2)27(32)30(26(24)31)15-14-19-7-12-22(33-3)13-8-19/h4-13,16,29H,14-15H2,1-3H3. The van der Waals surface area contributed by atoms with Crippen LogP contribution in [0.3, 0.4) is 0 Å². The monoisotopic (exact) mass is 460 g/mol. The molecule has 33 heavy (non-hydrogen) atoms. The van der Waals surface area contributed by atoms with Gasteiger partial charge in [-0.15, -0.1) is 0 Å². The van der Waals surface area contributed by atoms with E-state index in [1.807, 2.05) is 68.4 Å². The molecular weight excluding hydrogens is 436 g/mol. The lowest BCUT2D eigenvalue weighted by atomic mass is 10.0. The molecule has 0 fully saturated rings. The summed E-state index contributed by atoms with van der Waals surface area (Å²) in [6.07, 6.45) is 0.548. The zero-order valence-electron chi connectivity index (χ0n) is 18.8. The van der Waals surface area contributed by atoms with Gasteiger partial charge in [0.2, 0.25) is 0 Å². The highest BCUT2D eigenvalue weighted by atomic mass is 35.5. The van der Waals surface area contributed by atoms with Crippen LogP contribution in [0.15, 0.2) is 72.4 Å². The summed E-state index contributed by atoms with van der Waals surface area (Å²) in [4.78, 5) is 28.2. The van der Waals surface area contributed by atoms with Crippen molar-refractivity contribution in [3.63, 3.8) is 0 Å². The van der Waals surface area contributed by atoms with E-state index >= 15 is 0 Å². The minimum absolute atomic E-state index is 0.268. The smallest absolute Gasteiger partial charge is 0.278 e. The molecule has 1 N–H and O–H groups in total. The van der Waals surface area contributed by atoms with Crippen molar-refractivity contribution in [1.29, 1.82) is 0 Å². The Kier molecular flexibility index (Phi) is 6.52. The molecule has 0 saturated carbocycles. The molecule has 168 valence electrons. The zero-order chi connectivity index (χ0) is 23.5. The first-order valence-electron chi connectivity index (χ1n) is 10.7. The number of amides is 2. The van der Waals surface area contributed by atoms with Crippen LogP contribution in [0.25, 0.3) is 5.57 Å². The number of aryl methyl sites for hydroxylation is 2. The SMILES string of the molecule is COc1ccc(CCN2C(=O)C(Nc3cc(Cl)ccc3C)=C(c3ccc(C)cc3)C2=O)cc1. The van der Waals surface area contributed by atoms with E-state index in [1.54, 1.807) is 19.2 Å². The van der Waals surface area contributed by atoms with Gasteiger partial charge in [0.15, 0.2) is 0 Å². The van der Waals surface area contributed by atoms with Gasteiger partial charge in [0.1, 0.15) is 11.4 Å². The number of carbonyl (C=O) groups excluding carboxylic acids is 2. The topological polar surface area (TPSA) is 58.6 Å². The lowest BCUT2D eigenvalue weighted by Crippen LogP contribution is -2.34. The van der Waals surface area contributed by atoms with Crippen LogP contribution >= 0.6 is 11.6 Å². The van der Waals surface area contributed by atoms with Gasteiger partial charge in [0.25, 0.3) is 11.8 Å². The van der Waals surface area contributed by atoms with Gasteiger partial charge in [0.05, 0.1) is 12.7 Å². The Bertz CT molecular complexity index is 1230. The van der Waals surface area contributed by atoms with Gasteiger partial charge in [-0.3, -0.25) is 14.5 Å². The quantitative estimate of drug-likeness (QED) is 0.479. The summed E-state index contributed by atoms with van der Waals surface area (Å²) in [5, 5.41) is 3.75. The lowest BCUT2D eigenvalue weighted by Gasteiger charge is -2.16. The molecule has 0 atom stereocenters. The molecular formula is C27H25ClN2O3. The van der Waals surface area contributed by atoms with Gasteiger partial charge in [-0.1, -0.05) is 59.6 Å². The van der Waals surface area contributed by atoms with Crippen molar-refractivity contribution in [2.24, 2.45) is 0 Å². The number of methoxy groups -OCH3 is 1. The molecule has 1 aliphatic heterocycles. The maximum atomic E-state index is 13.4. The number of hydrogen-bond donors (Lipinski definition) is 1. The normalized spacial score (nSPS) is 13.6. The molecule has 6 heteroatoms. The van der Waals surface area contributed by atoms with Crippen LogP contribution in [0.1, 0.15) is 22.3 Å². The Morgan fingerprint density at radius 3 is 2.27 bits per heavy atom. The number of hydrogen-bond acceptors (Lipinski definition) is 4. The Labute approximate surface area is 198 Å². The van der Waals surface area contributed by atoms with Gasteiger partial charge >= 0.3 is 0 Å². The average molecular weight is 461 g/mol. The molecule has 3 aromatic carbocycles. The van der Waals surface area contributed by atoms with Gasteiger partial charge in [-0.2, -0.15) is 0 Å². The van der Waals surface area contributed by atoms with E-state index in [-0.39, 0.29) is 24.1 Å². The summed E-state index contributed by atoms with van der Waals surface area (Å²) in [7, 11) is 1.62. The number of rotatable bonds is 7. The molecule has 3 aromatic rings. The molecule has 4 rings (SSSR count). The highest BCUT2D eigenvalue weighted by Gasteiger charge is 2.39. The van der Waals surface area contributed by atoms with Crippen LogP contribution in [0.5, 0.6) is 5.75 Å². The van der Waals surface area contributed by atoms with Crippen molar-refractivity contribution < 1.29 is 14.3 Å². The summed E-state index contributed by atoms with van der Waals surface area (Å²) < 4.78 is 5.20. The lowest BCUT2D eigenvalue weighted by molar-refractivity contribution is -0.136. The van der Waals surface area contributed by atoms with Crippen LogP contribution in [0.4, 0.5) is 5.69 Å². The third kappa shape index (κ3) is 4.78. The third-order valence-corrected chi connectivity index (χ3v) is 5.99. The van der Waals surface area contributed by atoms with Crippen molar-refractivity contribution in [3.05, 3.63) is 99.7 Å². The van der Waals surface area contributed by atoms with E-state index in [4.69, 9.17) is 16.3 Å². The van der Waals surface area contributed by atoms with E-state index in [1.165, 1.54) is 4.90 Å². The molecule has 0 aromatic heterocycles. The zero-order valence-corrected chi connectivity index (χ0v) is 19.6. The maximum Gasteiger partial charge on any atom is 0.278 e. The first-order chi connectivity index (χ1) is 15.9. The van der Waals surface area contributed by atoms with Gasteiger partial charge in [-0.25, -0.2) is 0 Å². The summed E-state index contributed by atoms with van der Waals surface area (Å²) in [6.45, 7) is 4.18. The fraction of sp³-hybridized carbons (Fsp3) is 0.185. The van der Waals surface area contributed by atoms with Crippen molar-refractivity contribution >= 4 is 34.7 Å². The molecule has 5 nitrogen and oxygen atoms in total. The fourth-order valence-electron chi connectivity index (χ4n) is 3.78. The summed E-state index contributed by atoms with van der Waals surface area (Å²) in [5.41, 5.74) is 5.05. The largest absolute Gasteiger partial charge is 0.497 e. The Balaban J connectivity index is 1.66.